The molecule has 0 aliphatic carbocycles. The number of aliphatic imine (C=N–C) groups is 1. The molecule has 0 bridgehead atoms. The van der Waals surface area contributed by atoms with Crippen LogP contribution in [-0.4, -0.2) is 101 Å². The van der Waals surface area contributed by atoms with Crippen LogP contribution < -0.4 is 15.0 Å². The van der Waals surface area contributed by atoms with E-state index in [1.807, 2.05) is 93.0 Å². The molecule has 1 unspecified atom stereocenters. The highest BCUT2D eigenvalue weighted by Crippen LogP contribution is 2.51. The van der Waals surface area contributed by atoms with E-state index in [0.717, 1.165) is 16.7 Å². The minimum Gasteiger partial charge on any atom is -0.497 e. The molecule has 6 rings (SSSR count). The molecule has 0 radical (unpaired) electrons. The van der Waals surface area contributed by atoms with E-state index >= 15 is 0 Å². The van der Waals surface area contributed by atoms with E-state index < -0.39 is 38.1 Å². The quantitative estimate of drug-likeness (QED) is 0.0216. The molecule has 326 valence electrons. The second-order valence-electron chi connectivity index (χ2n) is 15.3. The van der Waals surface area contributed by atoms with Crippen LogP contribution >= 0.6 is 8.53 Å². The first kappa shape index (κ1) is 45.9. The molecule has 3 aromatic carbocycles. The number of nitrogens with zero attached hydrogens (tertiary/aromatic N) is 7. The number of fused-ring (bicyclic) bond motifs is 1. The van der Waals surface area contributed by atoms with E-state index in [1.165, 1.54) is 0 Å². The average molecular weight is 863 g/mol. The predicted octanol–water partition coefficient (Wildman–Crippen LogP) is 7.69. The smallest absolute Gasteiger partial charge is 0.264 e. The maximum absolute atomic E-state index is 13.6. The third kappa shape index (κ3) is 10.2. The number of methoxy groups -OCH3 is 2. The Balaban J connectivity index is 1.49. The monoisotopic (exact) mass is 862 g/mol. The molecule has 0 amide bonds. The second-order valence-corrected chi connectivity index (χ2v) is 16.7. The summed E-state index contributed by atoms with van der Waals surface area (Å²) in [4.78, 5) is 27.2. The Kier molecular flexibility index (Phi) is 15.5. The molecular weight excluding hydrogens is 808 g/mol. The fourth-order valence-corrected chi connectivity index (χ4v) is 9.23. The third-order valence-electron chi connectivity index (χ3n) is 10.2. The Morgan fingerprint density at radius 3 is 2.15 bits per heavy atom. The Hall–Kier alpha value is -5.64. The second kappa shape index (κ2) is 21.0. The highest BCUT2D eigenvalue weighted by molar-refractivity contribution is 7.44. The van der Waals surface area contributed by atoms with Crippen LogP contribution in [0.4, 0.5) is 5.95 Å². The van der Waals surface area contributed by atoms with Gasteiger partial charge >= 0.3 is 0 Å². The lowest BCUT2D eigenvalue weighted by Gasteiger charge is -2.39. The normalized spacial score (nSPS) is 17.1. The van der Waals surface area contributed by atoms with E-state index in [9.17, 15) is 10.1 Å². The van der Waals surface area contributed by atoms with E-state index in [-0.39, 0.29) is 60.8 Å². The molecule has 1 N–H and O–H groups in total. The number of hydrogen-bond donors (Lipinski definition) is 1. The van der Waals surface area contributed by atoms with Crippen molar-refractivity contribution in [3.05, 3.63) is 112 Å². The predicted molar refractivity (Wildman–Crippen MR) is 239 cm³/mol. The van der Waals surface area contributed by atoms with Crippen molar-refractivity contribution in [3.8, 4) is 29.4 Å². The van der Waals surface area contributed by atoms with Gasteiger partial charge < -0.3 is 32.9 Å². The van der Waals surface area contributed by atoms with Crippen LogP contribution in [0.25, 0.3) is 11.0 Å². The molecule has 16 heteroatoms. The number of aromatic amines is 1. The Morgan fingerprint density at radius 1 is 0.984 bits per heavy atom. The van der Waals surface area contributed by atoms with Crippen molar-refractivity contribution < 1.29 is 28.0 Å². The molecular formula is C46H55N8O7P. The largest absolute Gasteiger partial charge is 0.497 e. The molecule has 3 heterocycles. The molecule has 0 spiro atoms. The lowest BCUT2D eigenvalue weighted by atomic mass is 9.80. The molecule has 2 aromatic heterocycles. The molecule has 1 saturated heterocycles. The van der Waals surface area contributed by atoms with Gasteiger partial charge in [0.25, 0.3) is 14.1 Å². The minimum absolute atomic E-state index is 0.0338. The van der Waals surface area contributed by atoms with Crippen LogP contribution in [0, 0.1) is 23.2 Å². The zero-order valence-electron chi connectivity index (χ0n) is 36.7. The van der Waals surface area contributed by atoms with Crippen molar-refractivity contribution in [1.82, 2.24) is 29.3 Å². The molecule has 0 saturated carbocycles. The number of aromatic nitrogens is 4. The van der Waals surface area contributed by atoms with Crippen molar-refractivity contribution >= 4 is 31.8 Å². The summed E-state index contributed by atoms with van der Waals surface area (Å²) >= 11 is 0. The maximum Gasteiger partial charge on any atom is 0.264 e. The zero-order chi connectivity index (χ0) is 44.4. The van der Waals surface area contributed by atoms with E-state index in [4.69, 9.17) is 38.1 Å². The number of hydrogen-bond acceptors (Lipinski definition) is 12. The summed E-state index contributed by atoms with van der Waals surface area (Å²) in [6, 6.07) is 28.0. The van der Waals surface area contributed by atoms with Gasteiger partial charge in [-0.1, -0.05) is 60.5 Å². The highest BCUT2D eigenvalue weighted by Gasteiger charge is 2.45. The molecule has 1 aliphatic heterocycles. The van der Waals surface area contributed by atoms with Crippen LogP contribution in [0.3, 0.4) is 0 Å². The van der Waals surface area contributed by atoms with Gasteiger partial charge in [0.1, 0.15) is 28.6 Å². The van der Waals surface area contributed by atoms with Crippen molar-refractivity contribution in [2.45, 2.75) is 83.6 Å². The first-order chi connectivity index (χ1) is 29.9. The zero-order valence-corrected chi connectivity index (χ0v) is 37.6. The summed E-state index contributed by atoms with van der Waals surface area (Å²) in [5, 5.41) is 14.5. The van der Waals surface area contributed by atoms with Gasteiger partial charge in [-0.15, -0.1) is 0 Å². The molecule has 5 aromatic rings. The average Bonchev–Trinajstić information content (AvgIpc) is 3.84. The van der Waals surface area contributed by atoms with Gasteiger partial charge in [-0.05, 0) is 81.5 Å². The standard InChI is InChI=1S/C46H55N8O7P/c1-10-15-38-42-43(49-45(50-44(42)55)48-30-52(6)7)53(51-38)41-28-39(61-62(59-27-14-26-47)54(31(2)3)32(4)5)40(60-41)29-58-46(33-16-12-11-13-17-33,34-18-22-36(56-8)23-19-34)35-20-24-37(57-9)25-21-35/h11-13,16-25,30-32,39-41H,14,27-29H2,1-9H3,(H,49,50,55)/b48-30+/t39-,40-,41-,62?/m1/s1. The van der Waals surface area contributed by atoms with E-state index in [1.54, 1.807) is 37.1 Å². The Labute approximate surface area is 364 Å². The summed E-state index contributed by atoms with van der Waals surface area (Å²) in [6.45, 7) is 10.3. The van der Waals surface area contributed by atoms with Crippen molar-refractivity contribution in [3.63, 3.8) is 0 Å². The van der Waals surface area contributed by atoms with Crippen LogP contribution in [-0.2, 0) is 24.1 Å². The van der Waals surface area contributed by atoms with Crippen LogP contribution in [0.5, 0.6) is 11.5 Å². The fourth-order valence-electron chi connectivity index (χ4n) is 7.47. The van der Waals surface area contributed by atoms with Gasteiger partial charge in [0.2, 0.25) is 5.95 Å². The minimum atomic E-state index is -1.71. The van der Waals surface area contributed by atoms with Gasteiger partial charge in [-0.2, -0.15) is 15.3 Å². The van der Waals surface area contributed by atoms with Crippen LogP contribution in [0.1, 0.15) is 76.1 Å². The number of benzene rings is 3. The SMILES string of the molecule is CC#Cc1nn([C@H]2C[C@@H](OP(OCCC#N)N(C(C)C)C(C)C)[C@@H](COC(c3ccccc3)(c3ccc(OC)cc3)c3ccc(OC)cc3)O2)c2nc(/N=C/N(C)C)[nH]c(=O)c12. The number of nitriles is 1. The summed E-state index contributed by atoms with van der Waals surface area (Å²) in [7, 11) is 5.21. The first-order valence-corrected chi connectivity index (χ1v) is 21.6. The van der Waals surface area contributed by atoms with Gasteiger partial charge in [-0.25, -0.2) is 14.3 Å². The van der Waals surface area contributed by atoms with Crippen molar-refractivity contribution in [2.24, 2.45) is 4.99 Å². The summed E-state index contributed by atoms with van der Waals surface area (Å²) in [5.74, 6) is 7.35. The molecule has 4 atom stereocenters. The Bertz CT molecular complexity index is 2380. The highest BCUT2D eigenvalue weighted by atomic mass is 31.2. The van der Waals surface area contributed by atoms with Crippen LogP contribution in [0.15, 0.2) is 88.6 Å². The molecule has 1 aliphatic rings. The van der Waals surface area contributed by atoms with Crippen molar-refractivity contribution in [2.75, 3.05) is 41.5 Å². The van der Waals surface area contributed by atoms with Gasteiger partial charge in [-0.3, -0.25) is 9.78 Å². The Morgan fingerprint density at radius 2 is 1.60 bits per heavy atom. The molecule has 62 heavy (non-hydrogen) atoms. The summed E-state index contributed by atoms with van der Waals surface area (Å²) in [6.07, 6.45) is -0.0811. The third-order valence-corrected chi connectivity index (χ3v) is 12.3. The number of rotatable bonds is 19. The first-order valence-electron chi connectivity index (χ1n) is 20.5. The van der Waals surface area contributed by atoms with Crippen LogP contribution in [0.2, 0.25) is 0 Å². The lowest BCUT2D eigenvalue weighted by Crippen LogP contribution is -2.39. The summed E-state index contributed by atoms with van der Waals surface area (Å²) < 4.78 is 42.7. The number of ether oxygens (including phenoxy) is 4. The van der Waals surface area contributed by atoms with E-state index in [0.29, 0.717) is 11.5 Å². The topological polar surface area (TPSA) is 162 Å². The lowest BCUT2D eigenvalue weighted by molar-refractivity contribution is -0.0931. The molecule has 1 fully saturated rings. The maximum atomic E-state index is 13.6. The fraction of sp³-hybridized carbons (Fsp3) is 0.413. The van der Waals surface area contributed by atoms with Gasteiger partial charge in [0, 0.05) is 32.6 Å². The van der Waals surface area contributed by atoms with Gasteiger partial charge in [0.05, 0.1) is 52.4 Å². The van der Waals surface area contributed by atoms with Crippen molar-refractivity contribution in [1.29, 1.82) is 5.26 Å². The number of nitrogens with one attached hydrogen (secondary N) is 1. The summed E-state index contributed by atoms with van der Waals surface area (Å²) in [5.41, 5.74) is 1.52. The number of H-pyrrole nitrogens is 1. The molecule has 15 nitrogen and oxygen atoms in total. The van der Waals surface area contributed by atoms with E-state index in [2.05, 4.69) is 60.3 Å². The van der Waals surface area contributed by atoms with Gasteiger partial charge in [0.15, 0.2) is 17.6 Å².